The lowest BCUT2D eigenvalue weighted by Gasteiger charge is -2.17. The third kappa shape index (κ3) is 5.16. The lowest BCUT2D eigenvalue weighted by Crippen LogP contribution is -2.28. The minimum absolute atomic E-state index is 0.320. The minimum Gasteiger partial charge on any atom is -0.487 e. The lowest BCUT2D eigenvalue weighted by molar-refractivity contribution is -0.0400. The van der Waals surface area contributed by atoms with Crippen molar-refractivity contribution in [3.63, 3.8) is 0 Å². The summed E-state index contributed by atoms with van der Waals surface area (Å²) in [6.07, 6.45) is 0.448. The van der Waals surface area contributed by atoms with Crippen LogP contribution >= 0.6 is 0 Å². The van der Waals surface area contributed by atoms with Crippen LogP contribution in [0.3, 0.4) is 0 Å². The Morgan fingerprint density at radius 3 is 2.19 bits per heavy atom. The Bertz CT molecular complexity index is 540. The van der Waals surface area contributed by atoms with Crippen LogP contribution in [0, 0.1) is 0 Å². The highest BCUT2D eigenvalue weighted by Crippen LogP contribution is 2.22. The maximum absolute atomic E-state index is 13.9. The molecule has 0 fully saturated rings. The van der Waals surface area contributed by atoms with E-state index < -0.39 is 12.5 Å². The van der Waals surface area contributed by atoms with Crippen molar-refractivity contribution in [3.8, 4) is 5.75 Å². The number of rotatable bonds is 7. The second kappa shape index (κ2) is 7.18. The van der Waals surface area contributed by atoms with Crippen LogP contribution < -0.4 is 10.5 Å². The van der Waals surface area contributed by atoms with Crippen LogP contribution in [0.5, 0.6) is 5.75 Å². The molecule has 2 nitrogen and oxygen atoms in total. The highest BCUT2D eigenvalue weighted by Gasteiger charge is 2.30. The molecular weight excluding hydrogens is 272 g/mol. The van der Waals surface area contributed by atoms with Crippen molar-refractivity contribution in [3.05, 3.63) is 65.7 Å². The molecule has 0 aliphatic heterocycles. The van der Waals surface area contributed by atoms with Gasteiger partial charge in [-0.2, -0.15) is 0 Å². The van der Waals surface area contributed by atoms with Crippen LogP contribution in [0.4, 0.5) is 8.78 Å². The van der Waals surface area contributed by atoms with E-state index in [4.69, 9.17) is 10.5 Å². The molecule has 0 aliphatic carbocycles. The van der Waals surface area contributed by atoms with E-state index in [0.29, 0.717) is 17.9 Å². The first-order valence-electron chi connectivity index (χ1n) is 6.93. The summed E-state index contributed by atoms with van der Waals surface area (Å²) in [6, 6.07) is 15.8. The fourth-order valence-corrected chi connectivity index (χ4v) is 2.05. The third-order valence-electron chi connectivity index (χ3n) is 3.11. The molecule has 2 N–H and O–H groups in total. The van der Waals surface area contributed by atoms with Gasteiger partial charge in [-0.25, -0.2) is 8.78 Å². The van der Waals surface area contributed by atoms with Gasteiger partial charge in [0.2, 0.25) is 0 Å². The van der Waals surface area contributed by atoms with E-state index >= 15 is 0 Å². The summed E-state index contributed by atoms with van der Waals surface area (Å²) >= 11 is 0. The Morgan fingerprint density at radius 1 is 0.905 bits per heavy atom. The number of hydrogen-bond donors (Lipinski definition) is 1. The van der Waals surface area contributed by atoms with Crippen molar-refractivity contribution in [1.29, 1.82) is 0 Å². The van der Waals surface area contributed by atoms with Gasteiger partial charge >= 0.3 is 0 Å². The molecule has 0 saturated heterocycles. The highest BCUT2D eigenvalue weighted by molar-refractivity contribution is 5.27. The third-order valence-corrected chi connectivity index (χ3v) is 3.11. The van der Waals surface area contributed by atoms with Gasteiger partial charge in [0, 0.05) is 6.42 Å². The van der Waals surface area contributed by atoms with Crippen LogP contribution in [-0.2, 0) is 12.8 Å². The van der Waals surface area contributed by atoms with E-state index in [1.165, 1.54) is 0 Å². The summed E-state index contributed by atoms with van der Waals surface area (Å²) < 4.78 is 32.9. The summed E-state index contributed by atoms with van der Waals surface area (Å²) in [7, 11) is 0. The van der Waals surface area contributed by atoms with Crippen molar-refractivity contribution in [2.45, 2.75) is 18.8 Å². The van der Waals surface area contributed by atoms with Crippen LogP contribution in [0.2, 0.25) is 0 Å². The van der Waals surface area contributed by atoms with Gasteiger partial charge in [-0.3, -0.25) is 0 Å². The van der Waals surface area contributed by atoms with Gasteiger partial charge in [-0.15, -0.1) is 0 Å². The van der Waals surface area contributed by atoms with Crippen molar-refractivity contribution >= 4 is 0 Å². The summed E-state index contributed by atoms with van der Waals surface area (Å²) in [6.45, 7) is -0.0620. The smallest absolute Gasteiger partial charge is 0.285 e. The van der Waals surface area contributed by atoms with E-state index in [2.05, 4.69) is 0 Å². The Kier molecular flexibility index (Phi) is 5.28. The molecule has 2 aromatic carbocycles. The lowest BCUT2D eigenvalue weighted by atomic mass is 10.1. The van der Waals surface area contributed by atoms with Crippen LogP contribution in [0.25, 0.3) is 0 Å². The summed E-state index contributed by atoms with van der Waals surface area (Å²) in [4.78, 5) is 0. The largest absolute Gasteiger partial charge is 0.487 e. The van der Waals surface area contributed by atoms with Gasteiger partial charge in [0.1, 0.15) is 5.75 Å². The molecule has 0 saturated carbocycles. The average Bonchev–Trinajstić information content (AvgIpc) is 2.48. The Morgan fingerprint density at radius 2 is 1.57 bits per heavy atom. The Hall–Kier alpha value is -1.94. The van der Waals surface area contributed by atoms with E-state index in [1.807, 2.05) is 12.1 Å². The average molecular weight is 291 g/mol. The summed E-state index contributed by atoms with van der Waals surface area (Å²) in [5.74, 6) is -2.44. The molecule has 2 aromatic rings. The molecule has 0 heterocycles. The summed E-state index contributed by atoms with van der Waals surface area (Å²) in [5.41, 5.74) is 7.13. The number of nitrogens with two attached hydrogens (primary N) is 1. The molecule has 4 heteroatoms. The van der Waals surface area contributed by atoms with Gasteiger partial charge in [-0.05, 0) is 36.2 Å². The number of ether oxygens (including phenoxy) is 1. The first kappa shape index (κ1) is 15.4. The molecule has 0 amide bonds. The fraction of sp³-hybridized carbons (Fsp3) is 0.294. The topological polar surface area (TPSA) is 35.2 Å². The van der Waals surface area contributed by atoms with Gasteiger partial charge in [0.25, 0.3) is 5.92 Å². The maximum Gasteiger partial charge on any atom is 0.285 e. The molecular formula is C17H19F2NO. The molecule has 0 spiro atoms. The SMILES string of the molecule is NCCc1ccc(OCC(F)(F)Cc2ccccc2)cc1. The predicted octanol–water partition coefficient (Wildman–Crippen LogP) is 3.44. The van der Waals surface area contributed by atoms with E-state index in [-0.39, 0.29) is 6.42 Å². The number of benzene rings is 2. The zero-order valence-corrected chi connectivity index (χ0v) is 11.8. The van der Waals surface area contributed by atoms with Gasteiger partial charge in [0.15, 0.2) is 6.61 Å². The number of hydrogen-bond acceptors (Lipinski definition) is 2. The zero-order valence-electron chi connectivity index (χ0n) is 11.8. The second-order valence-corrected chi connectivity index (χ2v) is 4.99. The monoisotopic (exact) mass is 291 g/mol. The van der Waals surface area contributed by atoms with Gasteiger partial charge in [0.05, 0.1) is 0 Å². The van der Waals surface area contributed by atoms with E-state index in [0.717, 1.165) is 12.0 Å². The van der Waals surface area contributed by atoms with Crippen LogP contribution in [-0.4, -0.2) is 19.1 Å². The molecule has 0 aliphatic rings. The fourth-order valence-electron chi connectivity index (χ4n) is 2.05. The van der Waals surface area contributed by atoms with Crippen LogP contribution in [0.1, 0.15) is 11.1 Å². The predicted molar refractivity (Wildman–Crippen MR) is 79.8 cm³/mol. The molecule has 0 bridgehead atoms. The molecule has 0 radical (unpaired) electrons. The molecule has 2 rings (SSSR count). The molecule has 0 unspecified atom stereocenters. The van der Waals surface area contributed by atoms with Crippen molar-refractivity contribution in [2.75, 3.05) is 13.2 Å². The molecule has 112 valence electrons. The molecule has 0 aromatic heterocycles. The maximum atomic E-state index is 13.9. The standard InChI is InChI=1S/C17H19F2NO/c18-17(19,12-15-4-2-1-3-5-15)13-21-16-8-6-14(7-9-16)10-11-20/h1-9H,10-13,20H2. The van der Waals surface area contributed by atoms with Crippen molar-refractivity contribution < 1.29 is 13.5 Å². The van der Waals surface area contributed by atoms with Crippen molar-refractivity contribution in [1.82, 2.24) is 0 Å². The van der Waals surface area contributed by atoms with Gasteiger partial charge < -0.3 is 10.5 Å². The normalized spacial score (nSPS) is 11.4. The minimum atomic E-state index is -2.89. The Balaban J connectivity index is 1.88. The van der Waals surface area contributed by atoms with E-state index in [1.54, 1.807) is 42.5 Å². The van der Waals surface area contributed by atoms with Crippen LogP contribution in [0.15, 0.2) is 54.6 Å². The van der Waals surface area contributed by atoms with Crippen molar-refractivity contribution in [2.24, 2.45) is 5.73 Å². The molecule has 0 atom stereocenters. The zero-order chi connectivity index (χ0) is 15.1. The first-order valence-corrected chi connectivity index (χ1v) is 6.93. The Labute approximate surface area is 123 Å². The first-order chi connectivity index (χ1) is 10.1. The van der Waals surface area contributed by atoms with E-state index in [9.17, 15) is 8.78 Å². The highest BCUT2D eigenvalue weighted by atomic mass is 19.3. The quantitative estimate of drug-likeness (QED) is 0.848. The second-order valence-electron chi connectivity index (χ2n) is 4.99. The number of halogens is 2. The summed E-state index contributed by atoms with van der Waals surface area (Å²) in [5, 5.41) is 0. The number of alkyl halides is 2. The molecule has 21 heavy (non-hydrogen) atoms. The van der Waals surface area contributed by atoms with Gasteiger partial charge in [-0.1, -0.05) is 42.5 Å².